The van der Waals surface area contributed by atoms with Gasteiger partial charge in [0.2, 0.25) is 0 Å². The van der Waals surface area contributed by atoms with Crippen LogP contribution < -0.4 is 10.2 Å². The van der Waals surface area contributed by atoms with Crippen LogP contribution in [0.1, 0.15) is 24.3 Å². The highest BCUT2D eigenvalue weighted by Gasteiger charge is 2.40. The minimum absolute atomic E-state index is 0.395. The average Bonchev–Trinajstić information content (AvgIpc) is 3.79. The number of thiophene rings is 1. The summed E-state index contributed by atoms with van der Waals surface area (Å²) in [5, 5.41) is 8.87. The van der Waals surface area contributed by atoms with Gasteiger partial charge in [-0.15, -0.1) is 11.3 Å². The van der Waals surface area contributed by atoms with E-state index in [0.717, 1.165) is 24.2 Å². The molecule has 2 atom stereocenters. The molecular weight excluding hydrogens is 685 g/mol. The van der Waals surface area contributed by atoms with Crippen molar-refractivity contribution in [1.29, 1.82) is 0 Å². The van der Waals surface area contributed by atoms with Crippen molar-refractivity contribution in [2.24, 2.45) is 0 Å². The van der Waals surface area contributed by atoms with Crippen molar-refractivity contribution in [3.8, 4) is 33.4 Å². The van der Waals surface area contributed by atoms with Gasteiger partial charge in [0.05, 0.1) is 0 Å². The van der Waals surface area contributed by atoms with E-state index in [0.29, 0.717) is 12.0 Å². The van der Waals surface area contributed by atoms with Crippen LogP contribution in [-0.4, -0.2) is 6.04 Å². The Morgan fingerprint density at radius 2 is 1.16 bits per heavy atom. The van der Waals surface area contributed by atoms with Crippen LogP contribution in [0.15, 0.2) is 188 Å². The van der Waals surface area contributed by atoms with E-state index < -0.39 is 0 Å². The van der Waals surface area contributed by atoms with Gasteiger partial charge in [-0.2, -0.15) is 0 Å². The number of para-hydroxylation sites is 2. The van der Waals surface area contributed by atoms with Crippen LogP contribution in [0.5, 0.6) is 0 Å². The standard InChI is InChI=1S/C52H38N2S/c1-2-12-40(13-3-1)53-47-17-7-4-14-41(47)35-23-21-34(22-24-35)37-26-29-44-43-15-5-8-18-49(43)54(50(44)32-37)48-19-10-11-39-31-36(25-28-42(39)48)38-27-30-46-45-16-6-9-20-51(45)55-52(46)33-38/h1-14,16-17,19-33,43,49,53H,15,18H2. The molecule has 2 unspecified atom stereocenters. The highest BCUT2D eigenvalue weighted by Crippen LogP contribution is 2.52. The van der Waals surface area contributed by atoms with E-state index >= 15 is 0 Å². The zero-order valence-electron chi connectivity index (χ0n) is 30.3. The summed E-state index contributed by atoms with van der Waals surface area (Å²) in [7, 11) is 0. The first-order chi connectivity index (χ1) is 27.2. The quantitative estimate of drug-likeness (QED) is 0.172. The molecule has 1 aliphatic carbocycles. The summed E-state index contributed by atoms with van der Waals surface area (Å²) >= 11 is 1.88. The normalized spacial score (nSPS) is 16.1. The summed E-state index contributed by atoms with van der Waals surface area (Å²) < 4.78 is 2.69. The second kappa shape index (κ2) is 13.2. The Hall–Kier alpha value is -6.42. The first kappa shape index (κ1) is 32.0. The third kappa shape index (κ3) is 5.54. The molecule has 55 heavy (non-hydrogen) atoms. The van der Waals surface area contributed by atoms with Gasteiger partial charge in [-0.3, -0.25) is 0 Å². The average molecular weight is 723 g/mol. The Morgan fingerprint density at radius 1 is 0.473 bits per heavy atom. The summed E-state index contributed by atoms with van der Waals surface area (Å²) in [6.07, 6.45) is 6.89. The Labute approximate surface area is 325 Å². The summed E-state index contributed by atoms with van der Waals surface area (Å²) in [4.78, 5) is 2.66. The molecule has 0 bridgehead atoms. The molecule has 2 nitrogen and oxygen atoms in total. The predicted octanol–water partition coefficient (Wildman–Crippen LogP) is 14.9. The molecule has 0 fully saturated rings. The van der Waals surface area contributed by atoms with E-state index in [1.807, 2.05) is 17.4 Å². The number of nitrogens with one attached hydrogen (secondary N) is 1. The molecule has 1 N–H and O–H groups in total. The molecule has 0 amide bonds. The fourth-order valence-corrected chi connectivity index (χ4v) is 10.2. The topological polar surface area (TPSA) is 15.3 Å². The van der Waals surface area contributed by atoms with E-state index in [4.69, 9.17) is 0 Å². The van der Waals surface area contributed by atoms with Crippen molar-refractivity contribution in [3.05, 3.63) is 194 Å². The molecule has 3 heteroatoms. The van der Waals surface area contributed by atoms with E-state index in [1.54, 1.807) is 0 Å². The van der Waals surface area contributed by atoms with Gasteiger partial charge in [0.15, 0.2) is 0 Å². The van der Waals surface area contributed by atoms with Gasteiger partial charge in [0.25, 0.3) is 0 Å². The van der Waals surface area contributed by atoms with Gasteiger partial charge in [-0.1, -0.05) is 140 Å². The molecule has 2 heterocycles. The lowest BCUT2D eigenvalue weighted by atomic mass is 9.86. The zero-order valence-corrected chi connectivity index (χ0v) is 31.1. The monoisotopic (exact) mass is 722 g/mol. The SMILES string of the molecule is C1=CCC2C(C1)c1ccc(-c3ccc(-c4ccccc4Nc4ccccc4)cc3)cc1N2c1cccc2cc(-c3ccc4c(c3)sc3ccccc34)ccc12. The Morgan fingerprint density at radius 3 is 2.07 bits per heavy atom. The first-order valence-electron chi connectivity index (χ1n) is 19.3. The summed E-state index contributed by atoms with van der Waals surface area (Å²) in [5.74, 6) is 0.479. The molecular formula is C52H38N2S. The number of allylic oxidation sites excluding steroid dienone is 1. The van der Waals surface area contributed by atoms with Crippen LogP contribution in [0.3, 0.4) is 0 Å². The minimum Gasteiger partial charge on any atom is -0.355 e. The van der Waals surface area contributed by atoms with E-state index in [9.17, 15) is 0 Å². The number of hydrogen-bond donors (Lipinski definition) is 1. The number of hydrogen-bond acceptors (Lipinski definition) is 3. The second-order valence-electron chi connectivity index (χ2n) is 14.9. The first-order valence-corrected chi connectivity index (χ1v) is 20.1. The van der Waals surface area contributed by atoms with Crippen LogP contribution in [0.2, 0.25) is 0 Å². The molecule has 0 saturated carbocycles. The molecule has 8 aromatic carbocycles. The molecule has 11 rings (SSSR count). The van der Waals surface area contributed by atoms with Gasteiger partial charge < -0.3 is 10.2 Å². The molecule has 262 valence electrons. The Kier molecular flexibility index (Phi) is 7.67. The molecule has 0 spiro atoms. The summed E-state index contributed by atoms with van der Waals surface area (Å²) in [6.45, 7) is 0. The fourth-order valence-electron chi connectivity index (χ4n) is 9.08. The van der Waals surface area contributed by atoms with Crippen LogP contribution in [-0.2, 0) is 0 Å². The summed E-state index contributed by atoms with van der Waals surface area (Å²) in [6, 6.07) is 65.2. The lowest BCUT2D eigenvalue weighted by molar-refractivity contribution is 0.547. The highest BCUT2D eigenvalue weighted by molar-refractivity contribution is 7.25. The van der Waals surface area contributed by atoms with Crippen LogP contribution in [0, 0.1) is 0 Å². The molecule has 0 radical (unpaired) electrons. The van der Waals surface area contributed by atoms with Crippen LogP contribution in [0.4, 0.5) is 22.7 Å². The second-order valence-corrected chi connectivity index (χ2v) is 16.0. The fraction of sp³-hybridized carbons (Fsp3) is 0.0769. The summed E-state index contributed by atoms with van der Waals surface area (Å²) in [5.41, 5.74) is 13.7. The van der Waals surface area contributed by atoms with Gasteiger partial charge >= 0.3 is 0 Å². The van der Waals surface area contributed by atoms with Crippen molar-refractivity contribution in [2.45, 2.75) is 24.8 Å². The van der Waals surface area contributed by atoms with Crippen molar-refractivity contribution >= 4 is 65.0 Å². The number of rotatable bonds is 6. The molecule has 1 aliphatic heterocycles. The number of fused-ring (bicyclic) bond motifs is 7. The van der Waals surface area contributed by atoms with Crippen molar-refractivity contribution in [2.75, 3.05) is 10.2 Å². The lowest BCUT2D eigenvalue weighted by Crippen LogP contribution is -2.31. The third-order valence-corrected chi connectivity index (χ3v) is 12.9. The number of benzene rings is 8. The smallest absolute Gasteiger partial charge is 0.0493 e. The molecule has 9 aromatic rings. The van der Waals surface area contributed by atoms with Crippen molar-refractivity contribution in [1.82, 2.24) is 0 Å². The van der Waals surface area contributed by atoms with Crippen LogP contribution >= 0.6 is 11.3 Å². The number of nitrogens with zero attached hydrogens (tertiary/aromatic N) is 1. The van der Waals surface area contributed by atoms with E-state index in [2.05, 4.69) is 192 Å². The zero-order chi connectivity index (χ0) is 36.3. The maximum absolute atomic E-state index is 3.61. The number of anilines is 4. The third-order valence-electron chi connectivity index (χ3n) is 11.8. The Balaban J connectivity index is 0.947. The largest absolute Gasteiger partial charge is 0.355 e. The molecule has 1 aromatic heterocycles. The van der Waals surface area contributed by atoms with Crippen molar-refractivity contribution < 1.29 is 0 Å². The Bertz CT molecular complexity index is 2920. The van der Waals surface area contributed by atoms with E-state index in [1.165, 1.54) is 81.3 Å². The highest BCUT2D eigenvalue weighted by atomic mass is 32.1. The lowest BCUT2D eigenvalue weighted by Gasteiger charge is -2.32. The maximum Gasteiger partial charge on any atom is 0.0493 e. The van der Waals surface area contributed by atoms with Gasteiger partial charge in [0.1, 0.15) is 0 Å². The molecule has 2 aliphatic rings. The van der Waals surface area contributed by atoms with E-state index in [-0.39, 0.29) is 0 Å². The van der Waals surface area contributed by atoms with Crippen molar-refractivity contribution in [3.63, 3.8) is 0 Å². The van der Waals surface area contributed by atoms with Gasteiger partial charge in [-0.25, -0.2) is 0 Å². The maximum atomic E-state index is 3.61. The van der Waals surface area contributed by atoms with Gasteiger partial charge in [-0.05, 0) is 100 Å². The van der Waals surface area contributed by atoms with Gasteiger partial charge in [0, 0.05) is 65.8 Å². The molecule has 0 saturated heterocycles. The predicted molar refractivity (Wildman–Crippen MR) is 236 cm³/mol. The minimum atomic E-state index is 0.395. The van der Waals surface area contributed by atoms with Crippen LogP contribution in [0.25, 0.3) is 64.3 Å².